The Morgan fingerprint density at radius 3 is 2.93 bits per heavy atom. The van der Waals surface area contributed by atoms with E-state index < -0.39 is 0 Å². The topological polar surface area (TPSA) is 16.1 Å². The second kappa shape index (κ2) is 3.11. The first-order valence-electron chi connectivity index (χ1n) is 5.04. The molecule has 1 saturated carbocycles. The number of halogens is 1. The van der Waals surface area contributed by atoms with Gasteiger partial charge in [0.1, 0.15) is 5.15 Å². The van der Waals surface area contributed by atoms with Crippen molar-refractivity contribution in [3.8, 4) is 0 Å². The number of rotatable bonds is 0. The van der Waals surface area contributed by atoms with E-state index in [2.05, 4.69) is 29.2 Å². The van der Waals surface area contributed by atoms with E-state index >= 15 is 0 Å². The fourth-order valence-electron chi connectivity index (χ4n) is 1.98. The van der Waals surface area contributed by atoms with E-state index in [0.29, 0.717) is 5.15 Å². The lowest BCUT2D eigenvalue weighted by atomic mass is 10.0. The lowest BCUT2D eigenvalue weighted by Crippen LogP contribution is -2.14. The number of pyridine rings is 1. The Kier molecular flexibility index (Phi) is 1.86. The molecule has 1 aromatic heterocycles. The summed E-state index contributed by atoms with van der Waals surface area (Å²) in [5.41, 5.74) is 5.21. The third-order valence-electron chi connectivity index (χ3n) is 2.82. The number of fused-ring (bicyclic) bond motifs is 1. The quantitative estimate of drug-likeness (QED) is 0.622. The van der Waals surface area contributed by atoms with E-state index in [0.717, 1.165) is 0 Å². The van der Waals surface area contributed by atoms with Gasteiger partial charge >= 0.3 is 0 Å². The Labute approximate surface area is 93.9 Å². The van der Waals surface area contributed by atoms with Crippen molar-refractivity contribution in [2.24, 2.45) is 0 Å². The molecular formula is C12H11ClN2. The number of hydrogen-bond donors (Lipinski definition) is 0. The van der Waals surface area contributed by atoms with Gasteiger partial charge in [0.15, 0.2) is 0 Å². The van der Waals surface area contributed by atoms with Crippen LogP contribution >= 0.6 is 11.6 Å². The Balaban J connectivity index is 2.22. The summed E-state index contributed by atoms with van der Waals surface area (Å²) in [6.45, 7) is 0. The normalized spacial score (nSPS) is 18.1. The molecule has 0 radical (unpaired) electrons. The monoisotopic (exact) mass is 218 g/mol. The molecule has 0 saturated heterocycles. The molecule has 0 bridgehead atoms. The van der Waals surface area contributed by atoms with Crippen LogP contribution < -0.4 is 0 Å². The summed E-state index contributed by atoms with van der Waals surface area (Å²) in [5, 5.41) is 0.558. The van der Waals surface area contributed by atoms with E-state index in [1.807, 2.05) is 12.3 Å². The van der Waals surface area contributed by atoms with Gasteiger partial charge in [-0.2, -0.15) is 0 Å². The van der Waals surface area contributed by atoms with Crippen molar-refractivity contribution >= 4 is 23.4 Å². The highest BCUT2D eigenvalue weighted by Crippen LogP contribution is 2.41. The minimum absolute atomic E-state index is 0.558. The zero-order valence-electron chi connectivity index (χ0n) is 8.50. The van der Waals surface area contributed by atoms with Crippen LogP contribution in [0.1, 0.15) is 24.0 Å². The molecule has 2 nitrogen and oxygen atoms in total. The van der Waals surface area contributed by atoms with Gasteiger partial charge in [-0.05, 0) is 36.1 Å². The minimum atomic E-state index is 0.558. The number of nitrogens with zero attached hydrogens (tertiary/aromatic N) is 2. The van der Waals surface area contributed by atoms with Crippen LogP contribution in [-0.4, -0.2) is 16.9 Å². The average Bonchev–Trinajstić information content (AvgIpc) is 3.02. The highest BCUT2D eigenvalue weighted by molar-refractivity contribution is 6.29. The maximum absolute atomic E-state index is 5.88. The Bertz CT molecular complexity index is 482. The smallest absolute Gasteiger partial charge is 0.129 e. The molecule has 1 aliphatic heterocycles. The molecule has 0 N–H and O–H groups in total. The van der Waals surface area contributed by atoms with Gasteiger partial charge in [0.05, 0.1) is 0 Å². The summed E-state index contributed by atoms with van der Waals surface area (Å²) in [5.74, 6) is 0. The first-order valence-corrected chi connectivity index (χ1v) is 5.42. The lowest BCUT2D eigenvalue weighted by molar-refractivity contribution is 0.651. The van der Waals surface area contributed by atoms with E-state index in [1.54, 1.807) is 0 Å². The predicted octanol–water partition coefficient (Wildman–Crippen LogP) is 3.16. The van der Waals surface area contributed by atoms with Gasteiger partial charge in [-0.1, -0.05) is 11.6 Å². The summed E-state index contributed by atoms with van der Waals surface area (Å²) >= 11 is 5.88. The van der Waals surface area contributed by atoms with Gasteiger partial charge < -0.3 is 4.90 Å². The molecule has 0 spiro atoms. The van der Waals surface area contributed by atoms with Crippen molar-refractivity contribution in [2.45, 2.75) is 12.8 Å². The highest BCUT2D eigenvalue weighted by atomic mass is 35.5. The minimum Gasteiger partial charge on any atom is -0.351 e. The van der Waals surface area contributed by atoms with Crippen LogP contribution in [0.4, 0.5) is 0 Å². The second-order valence-electron chi connectivity index (χ2n) is 3.97. The molecule has 1 fully saturated rings. The Morgan fingerprint density at radius 1 is 1.40 bits per heavy atom. The van der Waals surface area contributed by atoms with Gasteiger partial charge in [0.25, 0.3) is 0 Å². The third-order valence-corrected chi connectivity index (χ3v) is 3.03. The predicted molar refractivity (Wildman–Crippen MR) is 62.2 cm³/mol. The third kappa shape index (κ3) is 1.45. The average molecular weight is 219 g/mol. The first-order chi connectivity index (χ1) is 7.25. The first kappa shape index (κ1) is 8.98. The SMILES string of the molecule is CN1C=Cc2cc(Cl)ncc2C1=C1CC1. The lowest BCUT2D eigenvalue weighted by Gasteiger charge is -2.24. The van der Waals surface area contributed by atoms with Crippen molar-refractivity contribution < 1.29 is 0 Å². The second-order valence-corrected chi connectivity index (χ2v) is 4.36. The van der Waals surface area contributed by atoms with Crippen molar-refractivity contribution in [1.82, 2.24) is 9.88 Å². The van der Waals surface area contributed by atoms with Gasteiger partial charge in [0.2, 0.25) is 0 Å². The van der Waals surface area contributed by atoms with E-state index in [9.17, 15) is 0 Å². The zero-order chi connectivity index (χ0) is 10.4. The fraction of sp³-hybridized carbons (Fsp3) is 0.250. The molecule has 1 aromatic rings. The molecule has 2 heterocycles. The van der Waals surface area contributed by atoms with E-state index in [1.165, 1.54) is 35.2 Å². The molecule has 0 atom stereocenters. The summed E-state index contributed by atoms with van der Waals surface area (Å²) in [7, 11) is 2.08. The maximum atomic E-state index is 5.88. The van der Waals surface area contributed by atoms with Crippen molar-refractivity contribution in [2.75, 3.05) is 7.05 Å². The molecule has 1 aliphatic carbocycles. The van der Waals surface area contributed by atoms with Crippen LogP contribution in [0, 0.1) is 0 Å². The number of allylic oxidation sites excluding steroid dienone is 1. The Morgan fingerprint density at radius 2 is 2.20 bits per heavy atom. The summed E-state index contributed by atoms with van der Waals surface area (Å²) < 4.78 is 0. The van der Waals surface area contributed by atoms with Crippen LogP contribution in [0.5, 0.6) is 0 Å². The summed E-state index contributed by atoms with van der Waals surface area (Å²) in [6.07, 6.45) is 8.47. The van der Waals surface area contributed by atoms with Crippen molar-refractivity contribution in [3.05, 3.63) is 40.3 Å². The molecule has 0 amide bonds. The molecule has 0 unspecified atom stereocenters. The number of aromatic nitrogens is 1. The zero-order valence-corrected chi connectivity index (χ0v) is 9.25. The molecule has 2 aliphatic rings. The molecule has 3 rings (SSSR count). The van der Waals surface area contributed by atoms with Gasteiger partial charge in [0, 0.05) is 30.7 Å². The largest absolute Gasteiger partial charge is 0.351 e. The van der Waals surface area contributed by atoms with Crippen LogP contribution in [0.3, 0.4) is 0 Å². The number of hydrogen-bond acceptors (Lipinski definition) is 2. The van der Waals surface area contributed by atoms with Crippen molar-refractivity contribution in [3.63, 3.8) is 0 Å². The summed E-state index contributed by atoms with van der Waals surface area (Å²) in [6, 6.07) is 1.92. The molecule has 3 heteroatoms. The Hall–Kier alpha value is -1.28. The fourth-order valence-corrected chi connectivity index (χ4v) is 2.14. The van der Waals surface area contributed by atoms with Crippen molar-refractivity contribution in [1.29, 1.82) is 0 Å². The van der Waals surface area contributed by atoms with Crippen LogP contribution in [0.25, 0.3) is 11.8 Å². The van der Waals surface area contributed by atoms with E-state index in [4.69, 9.17) is 11.6 Å². The maximum Gasteiger partial charge on any atom is 0.129 e. The van der Waals surface area contributed by atoms with Gasteiger partial charge in [-0.3, -0.25) is 0 Å². The van der Waals surface area contributed by atoms with Crippen LogP contribution in [0.2, 0.25) is 5.15 Å². The van der Waals surface area contributed by atoms with Crippen LogP contribution in [-0.2, 0) is 0 Å². The standard InChI is InChI=1S/C12H11ClN2/c1-15-5-4-9-6-11(13)14-7-10(9)12(15)8-2-3-8/h4-7H,2-3H2,1H3. The molecule has 76 valence electrons. The van der Waals surface area contributed by atoms with Gasteiger partial charge in [-0.25, -0.2) is 4.98 Å². The molecular weight excluding hydrogens is 208 g/mol. The molecule has 15 heavy (non-hydrogen) atoms. The van der Waals surface area contributed by atoms with E-state index in [-0.39, 0.29) is 0 Å². The molecule has 0 aromatic carbocycles. The van der Waals surface area contributed by atoms with Gasteiger partial charge in [-0.15, -0.1) is 0 Å². The van der Waals surface area contributed by atoms with Crippen LogP contribution in [0.15, 0.2) is 24.0 Å². The highest BCUT2D eigenvalue weighted by Gasteiger charge is 2.24. The summed E-state index contributed by atoms with van der Waals surface area (Å²) in [4.78, 5) is 6.32.